The van der Waals surface area contributed by atoms with Crippen LogP contribution in [-0.4, -0.2) is 24.8 Å². The number of rotatable bonds is 0. The summed E-state index contributed by atoms with van der Waals surface area (Å²) < 4.78 is 0. The second-order valence-electron chi connectivity index (χ2n) is 1.75. The quantitative estimate of drug-likeness (QED) is 0.436. The number of hydrazone groups is 1. The van der Waals surface area contributed by atoms with Crippen LogP contribution in [0.5, 0.6) is 0 Å². The van der Waals surface area contributed by atoms with E-state index in [4.69, 9.17) is 5.26 Å². The van der Waals surface area contributed by atoms with E-state index >= 15 is 0 Å². The lowest BCUT2D eigenvalue weighted by Crippen LogP contribution is -2.11. The van der Waals surface area contributed by atoms with Gasteiger partial charge in [0.2, 0.25) is 0 Å². The molecule has 1 radical (unpaired) electrons. The molecule has 3 heteroatoms. The van der Waals surface area contributed by atoms with Gasteiger partial charge in [-0.25, -0.2) is 0 Å². The maximum Gasteiger partial charge on any atom is 0.111 e. The normalized spacial score (nSPS) is 26.0. The third-order valence-corrected chi connectivity index (χ3v) is 0.987. The fourth-order valence-electron chi connectivity index (χ4n) is 0.584. The van der Waals surface area contributed by atoms with E-state index in [1.54, 1.807) is 5.01 Å². The minimum absolute atomic E-state index is 0.111. The highest BCUT2D eigenvalue weighted by molar-refractivity contribution is 5.65. The van der Waals surface area contributed by atoms with Crippen LogP contribution in [0.25, 0.3) is 0 Å². The van der Waals surface area contributed by atoms with Crippen LogP contribution in [-0.2, 0) is 0 Å². The van der Waals surface area contributed by atoms with Crippen molar-refractivity contribution < 1.29 is 0 Å². The maximum absolute atomic E-state index is 8.28. The second-order valence-corrected chi connectivity index (χ2v) is 1.75. The zero-order chi connectivity index (χ0) is 5.98. The summed E-state index contributed by atoms with van der Waals surface area (Å²) in [4.78, 5) is 0. The monoisotopic (exact) mass is 108 g/mol. The van der Waals surface area contributed by atoms with Gasteiger partial charge >= 0.3 is 0 Å². The number of nitriles is 1. The van der Waals surface area contributed by atoms with E-state index < -0.39 is 0 Å². The Morgan fingerprint density at radius 2 is 2.75 bits per heavy atom. The molecule has 0 amide bonds. The lowest BCUT2D eigenvalue weighted by atomic mass is 10.2. The van der Waals surface area contributed by atoms with Crippen molar-refractivity contribution in [3.63, 3.8) is 0 Å². The zero-order valence-electron chi connectivity index (χ0n) is 4.63. The molecule has 0 aromatic rings. The van der Waals surface area contributed by atoms with Gasteiger partial charge in [0, 0.05) is 7.05 Å². The van der Waals surface area contributed by atoms with Crippen LogP contribution in [0.3, 0.4) is 0 Å². The largest absolute Gasteiger partial charge is 0.298 e. The molecule has 0 N–H and O–H groups in total. The second kappa shape index (κ2) is 1.83. The summed E-state index contributed by atoms with van der Waals surface area (Å²) in [5.41, 5.74) is 0. The summed E-state index contributed by atoms with van der Waals surface area (Å²) in [6, 6.07) is 2.05. The van der Waals surface area contributed by atoms with Gasteiger partial charge in [0.25, 0.3) is 0 Å². The van der Waals surface area contributed by atoms with Gasteiger partial charge in [-0.15, -0.1) is 0 Å². The molecule has 0 bridgehead atoms. The molecule has 0 saturated carbocycles. The average molecular weight is 108 g/mol. The van der Waals surface area contributed by atoms with Crippen LogP contribution >= 0.6 is 0 Å². The molecular formula is C5H6N3. The van der Waals surface area contributed by atoms with E-state index in [0.717, 1.165) is 0 Å². The molecule has 8 heavy (non-hydrogen) atoms. The summed E-state index contributed by atoms with van der Waals surface area (Å²) in [5.74, 6) is -0.111. The first-order valence-electron chi connectivity index (χ1n) is 2.40. The molecule has 0 saturated heterocycles. The minimum atomic E-state index is -0.111. The molecule has 1 heterocycles. The Balaban J connectivity index is 2.49. The van der Waals surface area contributed by atoms with E-state index in [2.05, 4.69) is 11.3 Å². The van der Waals surface area contributed by atoms with Gasteiger partial charge in [0.05, 0.1) is 12.6 Å². The molecule has 41 valence electrons. The molecule has 0 fully saturated rings. The molecule has 1 rings (SSSR count). The topological polar surface area (TPSA) is 39.4 Å². The molecule has 3 nitrogen and oxygen atoms in total. The summed E-state index contributed by atoms with van der Waals surface area (Å²) in [6.07, 6.45) is 2.65. The highest BCUT2D eigenvalue weighted by atomic mass is 15.4. The van der Waals surface area contributed by atoms with Crippen LogP contribution in [0, 0.1) is 17.2 Å². The van der Waals surface area contributed by atoms with E-state index in [1.165, 1.54) is 0 Å². The van der Waals surface area contributed by atoms with Crippen molar-refractivity contribution in [1.29, 1.82) is 5.26 Å². The first kappa shape index (κ1) is 5.10. The van der Waals surface area contributed by atoms with Crippen LogP contribution in [0.2, 0.25) is 0 Å². The lowest BCUT2D eigenvalue weighted by Gasteiger charge is -2.02. The van der Waals surface area contributed by atoms with Gasteiger partial charge in [-0.05, 0) is 0 Å². The Morgan fingerprint density at radius 3 is 3.00 bits per heavy atom. The fraction of sp³-hybridized carbons (Fsp3) is 0.600. The van der Waals surface area contributed by atoms with E-state index in [0.29, 0.717) is 6.54 Å². The molecule has 0 aromatic carbocycles. The Labute approximate surface area is 48.2 Å². The number of nitrogens with zero attached hydrogens (tertiary/aromatic N) is 3. The van der Waals surface area contributed by atoms with Crippen LogP contribution in [0.4, 0.5) is 0 Å². The first-order valence-corrected chi connectivity index (χ1v) is 2.40. The van der Waals surface area contributed by atoms with Crippen molar-refractivity contribution in [3.05, 3.63) is 0 Å². The minimum Gasteiger partial charge on any atom is -0.298 e. The maximum atomic E-state index is 8.28. The fourth-order valence-corrected chi connectivity index (χ4v) is 0.584. The Bertz CT molecular complexity index is 144. The molecule has 1 aliphatic rings. The Kier molecular flexibility index (Phi) is 1.17. The van der Waals surface area contributed by atoms with Gasteiger partial charge in [-0.2, -0.15) is 10.4 Å². The van der Waals surface area contributed by atoms with Crippen molar-refractivity contribution >= 4 is 6.21 Å². The Hall–Kier alpha value is -1.04. The molecule has 1 unspecified atom stereocenters. The predicted octanol–water partition coefficient (Wildman–Crippen LogP) is -0.0656. The smallest absolute Gasteiger partial charge is 0.111 e. The van der Waals surface area contributed by atoms with E-state index in [1.807, 2.05) is 13.1 Å². The van der Waals surface area contributed by atoms with Crippen molar-refractivity contribution in [2.45, 2.75) is 0 Å². The third-order valence-electron chi connectivity index (χ3n) is 0.987. The molecule has 0 aromatic heterocycles. The van der Waals surface area contributed by atoms with Crippen molar-refractivity contribution in [1.82, 2.24) is 5.01 Å². The van der Waals surface area contributed by atoms with E-state index in [9.17, 15) is 0 Å². The van der Waals surface area contributed by atoms with E-state index in [-0.39, 0.29) is 5.92 Å². The summed E-state index contributed by atoms with van der Waals surface area (Å²) in [6.45, 7) is 0.691. The molecule has 0 spiro atoms. The van der Waals surface area contributed by atoms with Gasteiger partial charge in [0.1, 0.15) is 12.1 Å². The van der Waals surface area contributed by atoms with Crippen molar-refractivity contribution in [3.8, 4) is 6.07 Å². The predicted molar refractivity (Wildman–Crippen MR) is 29.2 cm³/mol. The standard InChI is InChI=1S/C5H6N3/c1-8-4-5(2-6)3-7-8/h5H,4H2,1H3. The summed E-state index contributed by atoms with van der Waals surface area (Å²) >= 11 is 0. The summed E-state index contributed by atoms with van der Waals surface area (Å²) in [7, 11) is 1.82. The van der Waals surface area contributed by atoms with Gasteiger partial charge in [0.15, 0.2) is 0 Å². The van der Waals surface area contributed by atoms with Crippen molar-refractivity contribution in [2.75, 3.05) is 13.6 Å². The third kappa shape index (κ3) is 0.784. The first-order chi connectivity index (χ1) is 3.83. The van der Waals surface area contributed by atoms with Gasteiger partial charge < -0.3 is 0 Å². The highest BCUT2D eigenvalue weighted by Gasteiger charge is 2.12. The van der Waals surface area contributed by atoms with Crippen LogP contribution < -0.4 is 0 Å². The molecule has 1 aliphatic heterocycles. The van der Waals surface area contributed by atoms with Crippen LogP contribution in [0.15, 0.2) is 5.10 Å². The average Bonchev–Trinajstić information content (AvgIpc) is 2.14. The molecular weight excluding hydrogens is 102 g/mol. The summed E-state index contributed by atoms with van der Waals surface area (Å²) in [5, 5.41) is 13.7. The number of hydrogen-bond acceptors (Lipinski definition) is 3. The zero-order valence-corrected chi connectivity index (χ0v) is 4.63. The number of hydrogen-bond donors (Lipinski definition) is 0. The highest BCUT2D eigenvalue weighted by Crippen LogP contribution is 2.01. The van der Waals surface area contributed by atoms with Crippen molar-refractivity contribution in [2.24, 2.45) is 11.0 Å². The molecule has 1 atom stereocenters. The SMILES string of the molecule is CN1CC(C#N)[C]=N1. The Morgan fingerprint density at radius 1 is 2.00 bits per heavy atom. The van der Waals surface area contributed by atoms with Crippen LogP contribution in [0.1, 0.15) is 0 Å². The van der Waals surface area contributed by atoms with Gasteiger partial charge in [-0.3, -0.25) is 5.01 Å². The lowest BCUT2D eigenvalue weighted by molar-refractivity contribution is 0.377. The molecule has 0 aliphatic carbocycles. The van der Waals surface area contributed by atoms with Gasteiger partial charge in [-0.1, -0.05) is 0 Å².